The van der Waals surface area contributed by atoms with Crippen LogP contribution >= 0.6 is 27.3 Å². The summed E-state index contributed by atoms with van der Waals surface area (Å²) in [5, 5.41) is 13.6. The number of amides is 2. The lowest BCUT2D eigenvalue weighted by Gasteiger charge is -2.21. The van der Waals surface area contributed by atoms with Crippen molar-refractivity contribution in [3.05, 3.63) is 51.1 Å². The number of halogens is 1. The number of nitrogens with zero attached hydrogens (tertiary/aromatic N) is 1. The molecule has 0 bridgehead atoms. The number of nitrogens with one attached hydrogen (secondary N) is 1. The molecule has 1 heterocycles. The third-order valence-electron chi connectivity index (χ3n) is 2.64. The number of rotatable bonds is 5. The summed E-state index contributed by atoms with van der Waals surface area (Å²) in [7, 11) is 0. The molecule has 0 atom stereocenters. The fourth-order valence-electron chi connectivity index (χ4n) is 1.73. The molecule has 0 aliphatic carbocycles. The zero-order valence-corrected chi connectivity index (χ0v) is 13.4. The molecule has 1 aromatic heterocycles. The van der Waals surface area contributed by atoms with Crippen molar-refractivity contribution in [2.45, 2.75) is 6.54 Å². The van der Waals surface area contributed by atoms with Gasteiger partial charge in [0.05, 0.1) is 6.54 Å². The van der Waals surface area contributed by atoms with E-state index in [2.05, 4.69) is 21.2 Å². The number of benzene rings is 1. The van der Waals surface area contributed by atoms with Crippen LogP contribution in [0.5, 0.6) is 0 Å². The van der Waals surface area contributed by atoms with Gasteiger partial charge in [-0.15, -0.1) is 11.3 Å². The lowest BCUT2D eigenvalue weighted by molar-refractivity contribution is -0.135. The maximum absolute atomic E-state index is 12.2. The summed E-state index contributed by atoms with van der Waals surface area (Å²) in [4.78, 5) is 25.3. The van der Waals surface area contributed by atoms with Crippen molar-refractivity contribution in [2.75, 3.05) is 11.4 Å². The van der Waals surface area contributed by atoms with Gasteiger partial charge in [-0.05, 0) is 34.1 Å². The summed E-state index contributed by atoms with van der Waals surface area (Å²) in [6, 6.07) is 10.2. The Morgan fingerprint density at radius 1 is 1.29 bits per heavy atom. The predicted molar refractivity (Wildman–Crippen MR) is 85.7 cm³/mol. The lowest BCUT2D eigenvalue weighted by atomic mass is 10.3. The number of anilines is 1. The molecule has 5 nitrogen and oxygen atoms in total. The van der Waals surface area contributed by atoms with Crippen LogP contribution in [0.4, 0.5) is 10.5 Å². The number of carbonyl (C=O) groups excluding carboxylic acids is 1. The molecular formula is C14H13BrN2O3S. The van der Waals surface area contributed by atoms with Gasteiger partial charge in [-0.25, -0.2) is 4.79 Å². The van der Waals surface area contributed by atoms with E-state index >= 15 is 0 Å². The van der Waals surface area contributed by atoms with Gasteiger partial charge in [-0.1, -0.05) is 18.2 Å². The highest BCUT2D eigenvalue weighted by Gasteiger charge is 2.18. The number of thiophene rings is 1. The van der Waals surface area contributed by atoms with E-state index in [-0.39, 0.29) is 6.54 Å². The molecule has 2 amide bonds. The van der Waals surface area contributed by atoms with E-state index in [4.69, 9.17) is 5.11 Å². The summed E-state index contributed by atoms with van der Waals surface area (Å²) in [6.07, 6.45) is 0. The van der Waals surface area contributed by atoms with Crippen LogP contribution in [0, 0.1) is 0 Å². The van der Waals surface area contributed by atoms with Gasteiger partial charge < -0.3 is 10.4 Å². The molecule has 0 radical (unpaired) electrons. The van der Waals surface area contributed by atoms with E-state index in [0.717, 1.165) is 9.35 Å². The number of para-hydroxylation sites is 1. The van der Waals surface area contributed by atoms with Crippen LogP contribution < -0.4 is 10.2 Å². The van der Waals surface area contributed by atoms with Crippen molar-refractivity contribution in [1.29, 1.82) is 0 Å². The molecule has 7 heteroatoms. The molecule has 0 saturated carbocycles. The average molecular weight is 369 g/mol. The van der Waals surface area contributed by atoms with Crippen LogP contribution in [-0.4, -0.2) is 23.7 Å². The Morgan fingerprint density at radius 3 is 2.57 bits per heavy atom. The summed E-state index contributed by atoms with van der Waals surface area (Å²) in [5.41, 5.74) is 0.546. The van der Waals surface area contributed by atoms with Gasteiger partial charge in [0.2, 0.25) is 0 Å². The van der Waals surface area contributed by atoms with E-state index in [1.807, 2.05) is 17.5 Å². The minimum absolute atomic E-state index is 0.359. The maximum atomic E-state index is 12.2. The zero-order valence-electron chi connectivity index (χ0n) is 11.0. The molecule has 0 aliphatic rings. The van der Waals surface area contributed by atoms with E-state index in [1.165, 1.54) is 16.2 Å². The first kappa shape index (κ1) is 15.5. The van der Waals surface area contributed by atoms with E-state index < -0.39 is 12.0 Å². The second kappa shape index (κ2) is 7.24. The Balaban J connectivity index is 2.05. The molecule has 110 valence electrons. The number of hydrogen-bond acceptors (Lipinski definition) is 3. The Labute approximate surface area is 134 Å². The van der Waals surface area contributed by atoms with Crippen LogP contribution in [0.25, 0.3) is 0 Å². The van der Waals surface area contributed by atoms with Crippen molar-refractivity contribution >= 4 is 45.0 Å². The van der Waals surface area contributed by atoms with Crippen LogP contribution in [0.2, 0.25) is 0 Å². The molecule has 0 unspecified atom stereocenters. The van der Waals surface area contributed by atoms with Crippen molar-refractivity contribution in [1.82, 2.24) is 5.32 Å². The minimum Gasteiger partial charge on any atom is -0.480 e. The number of hydrogen-bond donors (Lipinski definition) is 2. The number of carboxylic acid groups (broad SMARTS) is 1. The second-order valence-electron chi connectivity index (χ2n) is 4.21. The minimum atomic E-state index is -1.06. The monoisotopic (exact) mass is 368 g/mol. The number of urea groups is 1. The van der Waals surface area contributed by atoms with Crippen molar-refractivity contribution in [2.24, 2.45) is 0 Å². The van der Waals surface area contributed by atoms with Gasteiger partial charge in [0, 0.05) is 20.4 Å². The van der Waals surface area contributed by atoms with Gasteiger partial charge in [0.1, 0.15) is 6.54 Å². The standard InChI is InChI=1S/C14H13BrN2O3S/c15-10-6-12(21-9-10)7-16-14(20)17(8-13(18)19)11-4-2-1-3-5-11/h1-6,9H,7-8H2,(H,16,20)(H,18,19). The molecule has 1 aromatic carbocycles. The van der Waals surface area contributed by atoms with Crippen LogP contribution in [0.1, 0.15) is 4.88 Å². The summed E-state index contributed by atoms with van der Waals surface area (Å²) in [5.74, 6) is -1.06. The highest BCUT2D eigenvalue weighted by molar-refractivity contribution is 9.10. The highest BCUT2D eigenvalue weighted by Crippen LogP contribution is 2.19. The maximum Gasteiger partial charge on any atom is 0.323 e. The predicted octanol–water partition coefficient (Wildman–Crippen LogP) is 3.31. The van der Waals surface area contributed by atoms with Gasteiger partial charge in [0.25, 0.3) is 0 Å². The summed E-state index contributed by atoms with van der Waals surface area (Å²) in [6.45, 7) is -0.0258. The van der Waals surface area contributed by atoms with Crippen molar-refractivity contribution < 1.29 is 14.7 Å². The van der Waals surface area contributed by atoms with E-state index in [0.29, 0.717) is 12.2 Å². The number of aliphatic carboxylic acids is 1. The third-order valence-corrected chi connectivity index (χ3v) is 4.34. The fraction of sp³-hybridized carbons (Fsp3) is 0.143. The SMILES string of the molecule is O=C(O)CN(C(=O)NCc1cc(Br)cs1)c1ccccc1. The second-order valence-corrected chi connectivity index (χ2v) is 6.12. The highest BCUT2D eigenvalue weighted by atomic mass is 79.9. The van der Waals surface area contributed by atoms with Gasteiger partial charge in [0.15, 0.2) is 0 Å². The smallest absolute Gasteiger partial charge is 0.323 e. The topological polar surface area (TPSA) is 69.6 Å². The summed E-state index contributed by atoms with van der Waals surface area (Å²) >= 11 is 4.86. The van der Waals surface area contributed by atoms with E-state index in [1.54, 1.807) is 24.3 Å². The van der Waals surface area contributed by atoms with Crippen LogP contribution in [0.3, 0.4) is 0 Å². The molecule has 2 rings (SSSR count). The Morgan fingerprint density at radius 2 is 2.00 bits per heavy atom. The van der Waals surface area contributed by atoms with Gasteiger partial charge >= 0.3 is 12.0 Å². The molecule has 0 spiro atoms. The van der Waals surface area contributed by atoms with Crippen molar-refractivity contribution in [3.8, 4) is 0 Å². The molecule has 0 fully saturated rings. The molecule has 2 aromatic rings. The van der Waals surface area contributed by atoms with E-state index in [9.17, 15) is 9.59 Å². The summed E-state index contributed by atoms with van der Waals surface area (Å²) < 4.78 is 0.960. The Kier molecular flexibility index (Phi) is 5.35. The van der Waals surface area contributed by atoms with Gasteiger partial charge in [-0.3, -0.25) is 9.69 Å². The third kappa shape index (κ3) is 4.57. The largest absolute Gasteiger partial charge is 0.480 e. The van der Waals surface area contributed by atoms with Crippen LogP contribution in [-0.2, 0) is 11.3 Å². The first-order valence-electron chi connectivity index (χ1n) is 6.11. The number of carboxylic acids is 1. The lowest BCUT2D eigenvalue weighted by Crippen LogP contribution is -2.42. The number of carbonyl (C=O) groups is 2. The fourth-order valence-corrected chi connectivity index (χ4v) is 3.12. The van der Waals surface area contributed by atoms with Crippen molar-refractivity contribution in [3.63, 3.8) is 0 Å². The quantitative estimate of drug-likeness (QED) is 0.850. The molecule has 21 heavy (non-hydrogen) atoms. The molecule has 2 N–H and O–H groups in total. The first-order chi connectivity index (χ1) is 10.1. The molecular weight excluding hydrogens is 356 g/mol. The molecule has 0 aliphatic heterocycles. The Hall–Kier alpha value is -1.86. The zero-order chi connectivity index (χ0) is 15.2. The van der Waals surface area contributed by atoms with Gasteiger partial charge in [-0.2, -0.15) is 0 Å². The normalized spacial score (nSPS) is 10.1. The first-order valence-corrected chi connectivity index (χ1v) is 7.78. The van der Waals surface area contributed by atoms with Crippen LogP contribution in [0.15, 0.2) is 46.3 Å². The molecule has 0 saturated heterocycles. The Bertz CT molecular complexity index is 630. The average Bonchev–Trinajstić information content (AvgIpc) is 2.88.